The van der Waals surface area contributed by atoms with E-state index in [0.717, 1.165) is 33.7 Å². The molecule has 0 amide bonds. The van der Waals surface area contributed by atoms with Gasteiger partial charge in [0, 0.05) is 33.3 Å². The van der Waals surface area contributed by atoms with Crippen molar-refractivity contribution in [3.05, 3.63) is 103 Å². The molecule has 2 aromatic heterocycles. The Morgan fingerprint density at radius 1 is 0.833 bits per heavy atom. The molecule has 5 aromatic rings. The molecule has 0 saturated heterocycles. The molecule has 0 fully saturated rings. The molecule has 0 saturated carbocycles. The molecule has 0 atom stereocenters. The number of para-hydroxylation sites is 3. The standard InChI is InChI=1S/C14H12N2O.C11H8N.Ir/c1-16-12-8-4-3-7-11(12)15-14(16)10-6-2-5-9-13(10)17;1-2-6-10(7-3-1)11-8-4-5-9-12-11;/h2-9,17H,1H3;1-6,8-9H;/q;-1;. The molecule has 0 aliphatic carbocycles. The summed E-state index contributed by atoms with van der Waals surface area (Å²) in [6.07, 6.45) is 1.79. The number of benzene rings is 3. The number of aromatic hydroxyl groups is 1. The van der Waals surface area contributed by atoms with E-state index in [-0.39, 0.29) is 25.9 Å². The van der Waals surface area contributed by atoms with E-state index in [1.807, 2.05) is 96.5 Å². The van der Waals surface area contributed by atoms with Crippen molar-refractivity contribution >= 4 is 11.0 Å². The van der Waals surface area contributed by atoms with E-state index in [1.54, 1.807) is 12.3 Å². The van der Waals surface area contributed by atoms with Crippen LogP contribution < -0.4 is 0 Å². The summed E-state index contributed by atoms with van der Waals surface area (Å²) < 4.78 is 1.99. The van der Waals surface area contributed by atoms with Crippen LogP contribution in [0.15, 0.2) is 97.2 Å². The fraction of sp³-hybridized carbons (Fsp3) is 0.0400. The summed E-state index contributed by atoms with van der Waals surface area (Å²) in [5.41, 5.74) is 4.77. The van der Waals surface area contributed by atoms with Gasteiger partial charge in [-0.25, -0.2) is 4.98 Å². The molecule has 0 unspecified atom stereocenters. The first-order chi connectivity index (χ1) is 14.2. The van der Waals surface area contributed by atoms with Gasteiger partial charge in [-0.2, -0.15) is 0 Å². The zero-order valence-electron chi connectivity index (χ0n) is 16.4. The third kappa shape index (κ3) is 4.65. The molecule has 4 nitrogen and oxygen atoms in total. The second kappa shape index (κ2) is 9.97. The van der Waals surface area contributed by atoms with Crippen LogP contribution in [0.3, 0.4) is 0 Å². The van der Waals surface area contributed by atoms with E-state index in [1.165, 1.54) is 0 Å². The molecule has 5 heteroatoms. The van der Waals surface area contributed by atoms with Gasteiger partial charge in [0.1, 0.15) is 11.6 Å². The van der Waals surface area contributed by atoms with E-state index in [2.05, 4.69) is 16.0 Å². The van der Waals surface area contributed by atoms with E-state index >= 15 is 0 Å². The van der Waals surface area contributed by atoms with Gasteiger partial charge in [-0.15, -0.1) is 35.9 Å². The fourth-order valence-electron chi connectivity index (χ4n) is 3.12. The molecule has 0 bridgehead atoms. The minimum atomic E-state index is 0. The Hall–Kier alpha value is -3.27. The Bertz CT molecular complexity index is 1180. The van der Waals surface area contributed by atoms with Crippen LogP contribution in [0.25, 0.3) is 33.7 Å². The molecule has 151 valence electrons. The maximum atomic E-state index is 9.86. The van der Waals surface area contributed by atoms with Crippen LogP contribution >= 0.6 is 0 Å². The molecule has 5 rings (SSSR count). The number of aromatic nitrogens is 3. The minimum Gasteiger partial charge on any atom is -0.507 e. The van der Waals surface area contributed by atoms with Gasteiger partial charge in [-0.1, -0.05) is 36.4 Å². The number of nitrogens with zero attached hydrogens (tertiary/aromatic N) is 3. The zero-order valence-corrected chi connectivity index (χ0v) is 18.8. The number of phenolic OH excluding ortho intramolecular Hbond substituents is 1. The summed E-state index contributed by atoms with van der Waals surface area (Å²) >= 11 is 0. The van der Waals surface area contributed by atoms with Crippen molar-refractivity contribution in [3.63, 3.8) is 0 Å². The Labute approximate surface area is 189 Å². The van der Waals surface area contributed by atoms with Gasteiger partial charge in [0.05, 0.1) is 16.6 Å². The minimum absolute atomic E-state index is 0. The third-order valence-electron chi connectivity index (χ3n) is 4.58. The predicted octanol–water partition coefficient (Wildman–Crippen LogP) is 5.49. The van der Waals surface area contributed by atoms with Crippen LogP contribution in [0.2, 0.25) is 0 Å². The van der Waals surface area contributed by atoms with Crippen molar-refractivity contribution in [2.24, 2.45) is 7.05 Å². The zero-order chi connectivity index (χ0) is 20.1. The average molecular weight is 571 g/mol. The van der Waals surface area contributed by atoms with Crippen LogP contribution in [0.4, 0.5) is 0 Å². The van der Waals surface area contributed by atoms with Crippen LogP contribution in [-0.4, -0.2) is 19.6 Å². The molecule has 3 aromatic carbocycles. The van der Waals surface area contributed by atoms with Gasteiger partial charge < -0.3 is 14.7 Å². The Morgan fingerprint density at radius 2 is 1.57 bits per heavy atom. The van der Waals surface area contributed by atoms with Crippen LogP contribution in [0, 0.1) is 6.07 Å². The molecular weight excluding hydrogens is 551 g/mol. The smallest absolute Gasteiger partial charge is 0.144 e. The second-order valence-corrected chi connectivity index (χ2v) is 6.49. The quantitative estimate of drug-likeness (QED) is 0.286. The summed E-state index contributed by atoms with van der Waals surface area (Å²) in [6.45, 7) is 0. The number of imidazole rings is 1. The number of pyridine rings is 1. The summed E-state index contributed by atoms with van der Waals surface area (Å²) in [5.74, 6) is 1.04. The SMILES string of the molecule is Cn1c(-c2ccccc2O)nc2ccccc21.[Ir].[c-]1ccccc1-c1ccccn1. The number of hydrogen-bond acceptors (Lipinski definition) is 3. The maximum Gasteiger partial charge on any atom is 0.144 e. The van der Waals surface area contributed by atoms with E-state index in [4.69, 9.17) is 0 Å². The summed E-state index contributed by atoms with van der Waals surface area (Å²) in [4.78, 5) is 8.76. The van der Waals surface area contributed by atoms with Gasteiger partial charge in [0.25, 0.3) is 0 Å². The maximum absolute atomic E-state index is 9.86. The molecular formula is C25H20IrN3O-. The van der Waals surface area contributed by atoms with Crippen molar-refractivity contribution in [1.82, 2.24) is 14.5 Å². The molecule has 0 aliphatic heterocycles. The number of phenols is 1. The van der Waals surface area contributed by atoms with E-state index in [0.29, 0.717) is 0 Å². The first-order valence-electron chi connectivity index (χ1n) is 9.32. The molecule has 1 radical (unpaired) electrons. The molecule has 30 heavy (non-hydrogen) atoms. The fourth-order valence-corrected chi connectivity index (χ4v) is 3.12. The molecule has 1 N–H and O–H groups in total. The molecule has 2 heterocycles. The Morgan fingerprint density at radius 3 is 2.27 bits per heavy atom. The van der Waals surface area contributed by atoms with E-state index in [9.17, 15) is 5.11 Å². The van der Waals surface area contributed by atoms with Gasteiger partial charge in [-0.05, 0) is 36.0 Å². The number of hydrogen-bond donors (Lipinski definition) is 1. The largest absolute Gasteiger partial charge is 0.507 e. The van der Waals surface area contributed by atoms with E-state index < -0.39 is 0 Å². The van der Waals surface area contributed by atoms with Gasteiger partial charge >= 0.3 is 0 Å². The Balaban J connectivity index is 0.000000175. The average Bonchev–Trinajstić information content (AvgIpc) is 3.12. The van der Waals surface area contributed by atoms with Gasteiger partial charge in [-0.3, -0.25) is 0 Å². The van der Waals surface area contributed by atoms with Crippen molar-refractivity contribution in [1.29, 1.82) is 0 Å². The normalized spacial score (nSPS) is 10.0. The van der Waals surface area contributed by atoms with Crippen molar-refractivity contribution in [2.75, 3.05) is 0 Å². The monoisotopic (exact) mass is 571 g/mol. The molecule has 0 aliphatic rings. The number of rotatable bonds is 2. The third-order valence-corrected chi connectivity index (χ3v) is 4.58. The summed E-state index contributed by atoms with van der Waals surface area (Å²) in [7, 11) is 1.96. The van der Waals surface area contributed by atoms with Crippen LogP contribution in [0.5, 0.6) is 5.75 Å². The number of fused-ring (bicyclic) bond motifs is 1. The topological polar surface area (TPSA) is 50.9 Å². The van der Waals surface area contributed by atoms with Crippen molar-refractivity contribution in [3.8, 4) is 28.4 Å². The first kappa shape index (κ1) is 21.4. The Kier molecular flexibility index (Phi) is 7.12. The predicted molar refractivity (Wildman–Crippen MR) is 116 cm³/mol. The number of aryl methyl sites for hydroxylation is 1. The summed E-state index contributed by atoms with van der Waals surface area (Å²) in [6, 6.07) is 32.0. The van der Waals surface area contributed by atoms with Gasteiger partial charge in [0.15, 0.2) is 0 Å². The second-order valence-electron chi connectivity index (χ2n) is 6.49. The van der Waals surface area contributed by atoms with Gasteiger partial charge in [0.2, 0.25) is 0 Å². The van der Waals surface area contributed by atoms with Crippen LogP contribution in [-0.2, 0) is 27.2 Å². The van der Waals surface area contributed by atoms with Crippen LogP contribution in [0.1, 0.15) is 0 Å². The first-order valence-corrected chi connectivity index (χ1v) is 9.32. The summed E-state index contributed by atoms with van der Waals surface area (Å²) in [5, 5.41) is 9.86. The van der Waals surface area contributed by atoms with Crippen molar-refractivity contribution < 1.29 is 25.2 Å². The molecule has 0 spiro atoms. The van der Waals surface area contributed by atoms with Crippen molar-refractivity contribution in [2.45, 2.75) is 0 Å².